The van der Waals surface area contributed by atoms with Crippen LogP contribution in [0.5, 0.6) is 5.75 Å². The standard InChI is InChI=1S/C26H30FN3O3/c1-5-21(32)30-14-26(15-30)8-9-29(13-26)24-23(27)22(18-10-17(31)7-6-16(18)2)19-12-33-25(3,4)11-20(19)28-24/h5-7,10,31H,1,8-9,11-15H2,2-4H3. The van der Waals surface area contributed by atoms with E-state index in [1.165, 1.54) is 6.08 Å². The Morgan fingerprint density at radius 2 is 2.06 bits per heavy atom. The third-order valence-corrected chi connectivity index (χ3v) is 7.27. The SMILES string of the molecule is C=CC(=O)N1CC2(CCN(c3nc4c(c(-c5cc(O)ccc5C)c3F)COC(C)(C)C4)C2)C1. The molecule has 0 aliphatic carbocycles. The van der Waals surface area contributed by atoms with Gasteiger partial charge in [-0.1, -0.05) is 12.6 Å². The number of aryl methyl sites for hydroxylation is 1. The van der Waals surface area contributed by atoms with Gasteiger partial charge in [-0.2, -0.15) is 0 Å². The lowest BCUT2D eigenvalue weighted by molar-refractivity contribution is -0.136. The van der Waals surface area contributed by atoms with E-state index in [1.807, 2.05) is 25.7 Å². The van der Waals surface area contributed by atoms with Gasteiger partial charge in [0.1, 0.15) is 5.75 Å². The number of ether oxygens (including phenoxy) is 1. The summed E-state index contributed by atoms with van der Waals surface area (Å²) in [6.45, 7) is 12.5. The predicted molar refractivity (Wildman–Crippen MR) is 125 cm³/mol. The Kier molecular flexibility index (Phi) is 5.01. The molecule has 2 aromatic rings. The quantitative estimate of drug-likeness (QED) is 0.716. The molecule has 6 nitrogen and oxygen atoms in total. The third kappa shape index (κ3) is 3.68. The van der Waals surface area contributed by atoms with Gasteiger partial charge in [0.05, 0.1) is 17.9 Å². The van der Waals surface area contributed by atoms with Crippen LogP contribution < -0.4 is 4.90 Å². The van der Waals surface area contributed by atoms with E-state index in [2.05, 4.69) is 6.58 Å². The molecular formula is C26H30FN3O3. The van der Waals surface area contributed by atoms with E-state index in [0.29, 0.717) is 49.5 Å². The lowest BCUT2D eigenvalue weighted by Crippen LogP contribution is -2.59. The molecular weight excluding hydrogens is 421 g/mol. The maximum atomic E-state index is 16.2. The number of halogens is 1. The summed E-state index contributed by atoms with van der Waals surface area (Å²) >= 11 is 0. The average Bonchev–Trinajstić information content (AvgIpc) is 3.19. The Labute approximate surface area is 193 Å². The summed E-state index contributed by atoms with van der Waals surface area (Å²) in [7, 11) is 0. The van der Waals surface area contributed by atoms with Gasteiger partial charge in [-0.25, -0.2) is 9.37 Å². The molecule has 2 saturated heterocycles. The third-order valence-electron chi connectivity index (χ3n) is 7.27. The van der Waals surface area contributed by atoms with Crippen molar-refractivity contribution in [3.8, 4) is 16.9 Å². The van der Waals surface area contributed by atoms with Crippen molar-refractivity contribution in [3.05, 3.63) is 53.5 Å². The zero-order valence-electron chi connectivity index (χ0n) is 19.4. The Balaban J connectivity index is 1.56. The maximum absolute atomic E-state index is 16.2. The molecule has 1 aromatic heterocycles. The molecule has 174 valence electrons. The van der Waals surface area contributed by atoms with Gasteiger partial charge in [-0.05, 0) is 56.5 Å². The lowest BCUT2D eigenvalue weighted by atomic mass is 9.79. The van der Waals surface area contributed by atoms with Crippen LogP contribution >= 0.6 is 0 Å². The summed E-state index contributed by atoms with van der Waals surface area (Å²) in [6.07, 6.45) is 2.82. The molecule has 4 heterocycles. The van der Waals surface area contributed by atoms with Crippen LogP contribution in [0.15, 0.2) is 30.9 Å². The summed E-state index contributed by atoms with van der Waals surface area (Å²) in [5, 5.41) is 10.1. The number of pyridine rings is 1. The number of hydrogen-bond donors (Lipinski definition) is 1. The Hall–Kier alpha value is -2.93. The van der Waals surface area contributed by atoms with E-state index in [1.54, 1.807) is 23.1 Å². The Bertz CT molecular complexity index is 1150. The van der Waals surface area contributed by atoms with Gasteiger partial charge < -0.3 is 19.6 Å². The van der Waals surface area contributed by atoms with Crippen LogP contribution in [-0.2, 0) is 22.6 Å². The zero-order chi connectivity index (χ0) is 23.5. The van der Waals surface area contributed by atoms with Crippen molar-refractivity contribution in [2.75, 3.05) is 31.1 Å². The van der Waals surface area contributed by atoms with Gasteiger partial charge in [0.25, 0.3) is 0 Å². The van der Waals surface area contributed by atoms with Crippen LogP contribution in [0.4, 0.5) is 10.2 Å². The molecule has 5 rings (SSSR count). The van der Waals surface area contributed by atoms with Gasteiger partial charge in [-0.15, -0.1) is 0 Å². The molecule has 33 heavy (non-hydrogen) atoms. The number of aromatic nitrogens is 1. The smallest absolute Gasteiger partial charge is 0.245 e. The number of carbonyl (C=O) groups is 1. The van der Waals surface area contributed by atoms with Crippen molar-refractivity contribution in [1.82, 2.24) is 9.88 Å². The molecule has 1 spiro atoms. The molecule has 0 saturated carbocycles. The van der Waals surface area contributed by atoms with Crippen LogP contribution in [-0.4, -0.2) is 52.7 Å². The summed E-state index contributed by atoms with van der Waals surface area (Å²) in [5.41, 5.74) is 3.21. The molecule has 1 amide bonds. The first-order chi connectivity index (χ1) is 15.6. The van der Waals surface area contributed by atoms with E-state index >= 15 is 4.39 Å². The number of amides is 1. The van der Waals surface area contributed by atoms with Crippen molar-refractivity contribution >= 4 is 11.7 Å². The summed E-state index contributed by atoms with van der Waals surface area (Å²) < 4.78 is 22.2. The molecule has 0 atom stereocenters. The Morgan fingerprint density at radius 1 is 1.30 bits per heavy atom. The number of phenols is 1. The van der Waals surface area contributed by atoms with Gasteiger partial charge in [0, 0.05) is 49.1 Å². The second kappa shape index (κ2) is 7.55. The van der Waals surface area contributed by atoms with Crippen LogP contribution in [0.2, 0.25) is 0 Å². The number of fused-ring (bicyclic) bond motifs is 1. The predicted octanol–water partition coefficient (Wildman–Crippen LogP) is 3.98. The van der Waals surface area contributed by atoms with E-state index < -0.39 is 0 Å². The van der Waals surface area contributed by atoms with Gasteiger partial charge >= 0.3 is 0 Å². The molecule has 7 heteroatoms. The first-order valence-corrected chi connectivity index (χ1v) is 11.4. The second-order valence-corrected chi connectivity index (χ2v) is 10.3. The minimum atomic E-state index is -0.383. The van der Waals surface area contributed by atoms with Crippen molar-refractivity contribution in [1.29, 1.82) is 0 Å². The molecule has 2 fully saturated rings. The number of anilines is 1. The van der Waals surface area contributed by atoms with Gasteiger partial charge in [0.2, 0.25) is 5.91 Å². The summed E-state index contributed by atoms with van der Waals surface area (Å²) in [5.74, 6) is 0.0255. The highest BCUT2D eigenvalue weighted by Gasteiger charge is 2.49. The average molecular weight is 452 g/mol. The fraction of sp³-hybridized carbons (Fsp3) is 0.462. The van der Waals surface area contributed by atoms with E-state index in [-0.39, 0.29) is 35.1 Å². The monoisotopic (exact) mass is 451 g/mol. The molecule has 1 aromatic carbocycles. The van der Waals surface area contributed by atoms with Crippen molar-refractivity contribution in [2.24, 2.45) is 5.41 Å². The number of carbonyl (C=O) groups excluding carboxylic acids is 1. The fourth-order valence-electron chi connectivity index (χ4n) is 5.45. The number of likely N-dealkylation sites (tertiary alicyclic amines) is 1. The maximum Gasteiger partial charge on any atom is 0.245 e. The number of benzene rings is 1. The first kappa shape index (κ1) is 21.9. The van der Waals surface area contributed by atoms with Crippen molar-refractivity contribution < 1.29 is 19.0 Å². The van der Waals surface area contributed by atoms with Crippen LogP contribution in [0.25, 0.3) is 11.1 Å². The van der Waals surface area contributed by atoms with Gasteiger partial charge in [0.15, 0.2) is 11.6 Å². The number of phenolic OH excluding ortho intramolecular Hbond substituents is 1. The normalized spacial score (nSPS) is 20.5. The van der Waals surface area contributed by atoms with Crippen LogP contribution in [0, 0.1) is 18.2 Å². The van der Waals surface area contributed by atoms with Gasteiger partial charge in [-0.3, -0.25) is 4.79 Å². The number of hydrogen-bond acceptors (Lipinski definition) is 5. The highest BCUT2D eigenvalue weighted by Crippen LogP contribution is 2.45. The number of rotatable bonds is 3. The molecule has 3 aliphatic heterocycles. The van der Waals surface area contributed by atoms with E-state index in [0.717, 1.165) is 23.2 Å². The zero-order valence-corrected chi connectivity index (χ0v) is 19.4. The lowest BCUT2D eigenvalue weighted by Gasteiger charge is -2.47. The van der Waals surface area contributed by atoms with Crippen LogP contribution in [0.1, 0.15) is 37.1 Å². The molecule has 0 bridgehead atoms. The second-order valence-electron chi connectivity index (χ2n) is 10.3. The number of nitrogens with zero attached hydrogens (tertiary/aromatic N) is 3. The highest BCUT2D eigenvalue weighted by molar-refractivity contribution is 5.87. The molecule has 0 unspecified atom stereocenters. The Morgan fingerprint density at radius 3 is 2.79 bits per heavy atom. The minimum absolute atomic E-state index is 0.0217. The first-order valence-electron chi connectivity index (χ1n) is 11.4. The fourth-order valence-corrected chi connectivity index (χ4v) is 5.45. The van der Waals surface area contributed by atoms with E-state index in [9.17, 15) is 9.90 Å². The molecule has 1 N–H and O–H groups in total. The topological polar surface area (TPSA) is 65.9 Å². The molecule has 3 aliphatic rings. The summed E-state index contributed by atoms with van der Waals surface area (Å²) in [6, 6.07) is 5.03. The highest BCUT2D eigenvalue weighted by atomic mass is 19.1. The summed E-state index contributed by atoms with van der Waals surface area (Å²) in [4.78, 5) is 20.6. The van der Waals surface area contributed by atoms with Crippen molar-refractivity contribution in [2.45, 2.75) is 45.8 Å². The number of aromatic hydroxyl groups is 1. The van der Waals surface area contributed by atoms with E-state index in [4.69, 9.17) is 9.72 Å². The molecule has 0 radical (unpaired) electrons. The largest absolute Gasteiger partial charge is 0.508 e. The van der Waals surface area contributed by atoms with Crippen molar-refractivity contribution in [3.63, 3.8) is 0 Å². The minimum Gasteiger partial charge on any atom is -0.508 e. The van der Waals surface area contributed by atoms with Crippen LogP contribution in [0.3, 0.4) is 0 Å².